The van der Waals surface area contributed by atoms with E-state index in [0.29, 0.717) is 21.7 Å². The van der Waals surface area contributed by atoms with Gasteiger partial charge in [-0.25, -0.2) is 0 Å². The molecule has 0 bridgehead atoms. The molecule has 8 heteroatoms. The first-order valence-corrected chi connectivity index (χ1v) is 9.40. The van der Waals surface area contributed by atoms with E-state index in [4.69, 9.17) is 4.74 Å². The van der Waals surface area contributed by atoms with Gasteiger partial charge < -0.3 is 4.74 Å². The van der Waals surface area contributed by atoms with Gasteiger partial charge in [0.05, 0.1) is 17.7 Å². The fourth-order valence-electron chi connectivity index (χ4n) is 3.15. The molecule has 2 aromatic carbocycles. The quantitative estimate of drug-likeness (QED) is 0.281. The molecule has 2 heterocycles. The maximum atomic E-state index is 13.2. The van der Waals surface area contributed by atoms with Gasteiger partial charge in [0.25, 0.3) is 5.56 Å². The lowest BCUT2D eigenvalue weighted by molar-refractivity contribution is -0.380. The highest BCUT2D eigenvalue weighted by Crippen LogP contribution is 2.39. The zero-order chi connectivity index (χ0) is 20.5. The van der Waals surface area contributed by atoms with Gasteiger partial charge in [-0.1, -0.05) is 30.3 Å². The van der Waals surface area contributed by atoms with Gasteiger partial charge in [0.2, 0.25) is 5.78 Å². The summed E-state index contributed by atoms with van der Waals surface area (Å²) in [5.41, 5.74) is 0.470. The van der Waals surface area contributed by atoms with Crippen molar-refractivity contribution in [2.24, 2.45) is 0 Å². The monoisotopic (exact) mass is 406 g/mol. The van der Waals surface area contributed by atoms with E-state index in [1.54, 1.807) is 42.5 Å². The minimum atomic E-state index is -0.585. The molecule has 0 saturated carbocycles. The number of benzene rings is 2. The van der Waals surface area contributed by atoms with Crippen molar-refractivity contribution in [1.82, 2.24) is 4.57 Å². The first kappa shape index (κ1) is 18.6. The Morgan fingerprint density at radius 2 is 1.83 bits per heavy atom. The largest absolute Gasteiger partial charge is 0.497 e. The van der Waals surface area contributed by atoms with Crippen LogP contribution in [0, 0.1) is 10.1 Å². The number of ketones is 1. The van der Waals surface area contributed by atoms with Crippen molar-refractivity contribution in [1.29, 1.82) is 0 Å². The van der Waals surface area contributed by atoms with Gasteiger partial charge >= 0.3 is 5.00 Å². The Morgan fingerprint density at radius 3 is 2.52 bits per heavy atom. The van der Waals surface area contributed by atoms with Gasteiger partial charge in [0, 0.05) is 17.0 Å². The predicted molar refractivity (Wildman–Crippen MR) is 111 cm³/mol. The molecule has 144 valence electrons. The van der Waals surface area contributed by atoms with Crippen LogP contribution in [0.25, 0.3) is 15.9 Å². The summed E-state index contributed by atoms with van der Waals surface area (Å²) in [6.07, 6.45) is 0. The van der Waals surface area contributed by atoms with Gasteiger partial charge in [-0.15, -0.1) is 0 Å². The van der Waals surface area contributed by atoms with Crippen LogP contribution in [0.3, 0.4) is 0 Å². The predicted octanol–water partition coefficient (Wildman–Crippen LogP) is 4.20. The summed E-state index contributed by atoms with van der Waals surface area (Å²) in [5, 5.41) is 11.8. The molecule has 0 fully saturated rings. The third-order valence-corrected chi connectivity index (χ3v) is 5.60. The molecule has 2 aromatic heterocycles. The Morgan fingerprint density at radius 1 is 1.07 bits per heavy atom. The first-order chi connectivity index (χ1) is 14.0. The van der Waals surface area contributed by atoms with Crippen LogP contribution in [0.5, 0.6) is 5.75 Å². The molecule has 0 saturated heterocycles. The third kappa shape index (κ3) is 3.19. The molecule has 0 amide bonds. The summed E-state index contributed by atoms with van der Waals surface area (Å²) < 4.78 is 6.54. The third-order valence-electron chi connectivity index (χ3n) is 4.46. The van der Waals surface area contributed by atoms with Gasteiger partial charge in [0.15, 0.2) is 0 Å². The molecular formula is C21H14N2O5S. The molecule has 0 atom stereocenters. The van der Waals surface area contributed by atoms with Crippen molar-refractivity contribution in [2.75, 3.05) is 7.11 Å². The lowest BCUT2D eigenvalue weighted by atomic mass is 10.0. The molecule has 0 aliphatic carbocycles. The molecule has 0 radical (unpaired) electrons. The molecule has 7 nitrogen and oxygen atoms in total. The van der Waals surface area contributed by atoms with E-state index < -0.39 is 10.7 Å². The minimum Gasteiger partial charge on any atom is -0.497 e. The number of hydrogen-bond donors (Lipinski definition) is 0. The first-order valence-electron chi connectivity index (χ1n) is 8.58. The number of thiophene rings is 1. The van der Waals surface area contributed by atoms with Crippen molar-refractivity contribution >= 4 is 32.3 Å². The molecule has 4 aromatic rings. The SMILES string of the molecule is COc1cccc(C(=O)c2c([N+](=O)[O-])sc3c2ccc(=O)n3-c2ccccc2)c1. The lowest BCUT2D eigenvalue weighted by Crippen LogP contribution is -2.16. The van der Waals surface area contributed by atoms with E-state index in [-0.39, 0.29) is 21.7 Å². The van der Waals surface area contributed by atoms with Gasteiger partial charge in [-0.05, 0) is 41.7 Å². The number of pyridine rings is 1. The van der Waals surface area contributed by atoms with E-state index in [1.807, 2.05) is 6.07 Å². The number of rotatable bonds is 5. The highest BCUT2D eigenvalue weighted by molar-refractivity contribution is 7.22. The van der Waals surface area contributed by atoms with Gasteiger partial charge in [-0.3, -0.25) is 24.3 Å². The zero-order valence-electron chi connectivity index (χ0n) is 15.2. The number of fused-ring (bicyclic) bond motifs is 1. The molecule has 0 aliphatic heterocycles. The van der Waals surface area contributed by atoms with E-state index in [0.717, 1.165) is 11.3 Å². The number of aromatic nitrogens is 1. The number of nitrogens with zero attached hydrogens (tertiary/aromatic N) is 2. The average molecular weight is 406 g/mol. The summed E-state index contributed by atoms with van der Waals surface area (Å²) in [6, 6.07) is 18.0. The van der Waals surface area contributed by atoms with Crippen molar-refractivity contribution in [3.05, 3.63) is 98.3 Å². The molecule has 0 spiro atoms. The molecule has 29 heavy (non-hydrogen) atoms. The summed E-state index contributed by atoms with van der Waals surface area (Å²) in [6.45, 7) is 0. The second-order valence-electron chi connectivity index (χ2n) is 6.16. The van der Waals surface area contributed by atoms with Crippen molar-refractivity contribution in [3.8, 4) is 11.4 Å². The van der Waals surface area contributed by atoms with Crippen LogP contribution in [-0.4, -0.2) is 22.4 Å². The molecule has 0 N–H and O–H groups in total. The fourth-order valence-corrected chi connectivity index (χ4v) is 4.28. The molecule has 0 aliphatic rings. The molecular weight excluding hydrogens is 392 g/mol. The Hall–Kier alpha value is -3.78. The van der Waals surface area contributed by atoms with Crippen molar-refractivity contribution in [2.45, 2.75) is 0 Å². The summed E-state index contributed by atoms with van der Waals surface area (Å²) in [7, 11) is 1.48. The van der Waals surface area contributed by atoms with Crippen LogP contribution in [0.1, 0.15) is 15.9 Å². The average Bonchev–Trinajstić information content (AvgIpc) is 3.13. The Labute approximate surface area is 168 Å². The van der Waals surface area contributed by atoms with Crippen molar-refractivity contribution in [3.63, 3.8) is 0 Å². The number of hydrogen-bond acceptors (Lipinski definition) is 6. The summed E-state index contributed by atoms with van der Waals surface area (Å²) in [4.78, 5) is 37.3. The minimum absolute atomic E-state index is 0.0343. The van der Waals surface area contributed by atoms with E-state index in [1.165, 1.54) is 29.9 Å². The van der Waals surface area contributed by atoms with Crippen LogP contribution < -0.4 is 10.3 Å². The zero-order valence-corrected chi connectivity index (χ0v) is 16.0. The second kappa shape index (κ2) is 7.33. The smallest absolute Gasteiger partial charge is 0.337 e. The number of nitro groups is 1. The highest BCUT2D eigenvalue weighted by atomic mass is 32.1. The summed E-state index contributed by atoms with van der Waals surface area (Å²) in [5.74, 6) is -0.0284. The normalized spacial score (nSPS) is 10.8. The number of ether oxygens (including phenoxy) is 1. The van der Waals surface area contributed by atoms with Gasteiger partial charge in [-0.2, -0.15) is 0 Å². The molecule has 4 rings (SSSR count). The van der Waals surface area contributed by atoms with E-state index >= 15 is 0 Å². The number of para-hydroxylation sites is 1. The summed E-state index contributed by atoms with van der Waals surface area (Å²) >= 11 is 0.812. The topological polar surface area (TPSA) is 91.4 Å². The lowest BCUT2D eigenvalue weighted by Gasteiger charge is -2.07. The van der Waals surface area contributed by atoms with E-state index in [2.05, 4.69) is 0 Å². The number of carbonyl (C=O) groups is 1. The fraction of sp³-hybridized carbons (Fsp3) is 0.0476. The Bertz CT molecular complexity index is 1310. The maximum absolute atomic E-state index is 13.2. The maximum Gasteiger partial charge on any atom is 0.337 e. The standard InChI is InChI=1S/C21H14N2O5S/c1-28-15-9-5-6-13(12-15)19(25)18-16-10-11-17(24)22(14-7-3-2-4-8-14)20(16)29-21(18)23(26)27/h2-12H,1H3. The number of carbonyl (C=O) groups excluding carboxylic acids is 1. The van der Waals surface area contributed by atoms with Crippen LogP contribution >= 0.6 is 11.3 Å². The van der Waals surface area contributed by atoms with Crippen LogP contribution in [-0.2, 0) is 0 Å². The highest BCUT2D eigenvalue weighted by Gasteiger charge is 2.30. The van der Waals surface area contributed by atoms with Crippen LogP contribution in [0.4, 0.5) is 5.00 Å². The van der Waals surface area contributed by atoms with Gasteiger partial charge in [0.1, 0.15) is 16.1 Å². The van der Waals surface area contributed by atoms with E-state index in [9.17, 15) is 19.7 Å². The second-order valence-corrected chi connectivity index (χ2v) is 7.14. The Balaban J connectivity index is 2.02. The van der Waals surface area contributed by atoms with Crippen molar-refractivity contribution < 1.29 is 14.5 Å². The molecule has 0 unspecified atom stereocenters. The Kier molecular flexibility index (Phi) is 4.69. The van der Waals surface area contributed by atoms with Crippen LogP contribution in [0.2, 0.25) is 0 Å². The number of methoxy groups -OCH3 is 1. The van der Waals surface area contributed by atoms with Crippen LogP contribution in [0.15, 0.2) is 71.5 Å².